The van der Waals surface area contributed by atoms with Gasteiger partial charge in [0.25, 0.3) is 0 Å². The molecule has 30 heavy (non-hydrogen) atoms. The molecule has 0 atom stereocenters. The zero-order valence-corrected chi connectivity index (χ0v) is 16.7. The van der Waals surface area contributed by atoms with Gasteiger partial charge in [-0.2, -0.15) is 0 Å². The Kier molecular flexibility index (Phi) is 5.66. The van der Waals surface area contributed by atoms with Crippen LogP contribution in [0.3, 0.4) is 0 Å². The molecule has 5 nitrogen and oxygen atoms in total. The molecule has 0 amide bonds. The fourth-order valence-electron chi connectivity index (χ4n) is 3.28. The number of hydrogen-bond donors (Lipinski definition) is 0. The minimum Gasteiger partial charge on any atom is -0.493 e. The van der Waals surface area contributed by atoms with Gasteiger partial charge in [-0.05, 0) is 47.5 Å². The zero-order chi connectivity index (χ0) is 20.9. The maximum absolute atomic E-state index is 13.4. The molecule has 0 N–H and O–H groups in total. The summed E-state index contributed by atoms with van der Waals surface area (Å²) in [6.45, 7) is 0.315. The average Bonchev–Trinajstić information content (AvgIpc) is 3.32. The Balaban J connectivity index is 1.69. The summed E-state index contributed by atoms with van der Waals surface area (Å²) >= 11 is 0. The number of imidazole rings is 1. The third-order valence-corrected chi connectivity index (χ3v) is 4.76. The maximum atomic E-state index is 13.4. The van der Waals surface area contributed by atoms with Crippen LogP contribution < -0.4 is 14.2 Å². The van der Waals surface area contributed by atoms with Gasteiger partial charge in [0.2, 0.25) is 5.75 Å². The van der Waals surface area contributed by atoms with Crippen LogP contribution in [0.5, 0.6) is 17.2 Å². The smallest absolute Gasteiger partial charge is 0.203 e. The molecule has 4 rings (SSSR count). The fraction of sp³-hybridized carbons (Fsp3) is 0.125. The molecule has 0 unspecified atom stereocenters. The van der Waals surface area contributed by atoms with Gasteiger partial charge in [-0.15, -0.1) is 0 Å². The second-order valence-electron chi connectivity index (χ2n) is 6.61. The molecule has 0 saturated heterocycles. The number of rotatable bonds is 7. The van der Waals surface area contributed by atoms with Crippen molar-refractivity contribution in [3.63, 3.8) is 0 Å². The predicted octanol–water partition coefficient (Wildman–Crippen LogP) is 5.27. The lowest BCUT2D eigenvalue weighted by molar-refractivity contribution is 0.266. The second-order valence-corrected chi connectivity index (χ2v) is 6.61. The molecule has 1 aromatic heterocycles. The molecular formula is C24H21FN2O3. The summed E-state index contributed by atoms with van der Waals surface area (Å²) in [6.07, 6.45) is 5.33. The highest BCUT2D eigenvalue weighted by molar-refractivity contribution is 5.73. The van der Waals surface area contributed by atoms with E-state index in [-0.39, 0.29) is 5.82 Å². The standard InChI is InChI=1S/C24H21FN2O3/c1-28-22-4-3-5-23(29-2)24(22)30-15-17-6-11-21(27-13-12-26-16-27)20(14-17)18-7-9-19(25)10-8-18/h3-14,16H,15H2,1-2H3. The van der Waals surface area contributed by atoms with Crippen LogP contribution in [0.2, 0.25) is 0 Å². The van der Waals surface area contributed by atoms with Crippen molar-refractivity contribution in [2.45, 2.75) is 6.61 Å². The first-order valence-corrected chi connectivity index (χ1v) is 9.40. The Labute approximate surface area is 174 Å². The molecule has 0 saturated carbocycles. The number of benzene rings is 3. The first kappa shape index (κ1) is 19.5. The highest BCUT2D eigenvalue weighted by Gasteiger charge is 2.13. The molecule has 0 bridgehead atoms. The van der Waals surface area contributed by atoms with Crippen molar-refractivity contribution in [2.75, 3.05) is 14.2 Å². The Morgan fingerprint density at radius 1 is 0.933 bits per heavy atom. The highest BCUT2D eigenvalue weighted by Crippen LogP contribution is 2.37. The first-order valence-electron chi connectivity index (χ1n) is 9.40. The van der Waals surface area contributed by atoms with Crippen molar-refractivity contribution in [3.8, 4) is 34.1 Å². The Morgan fingerprint density at radius 2 is 1.67 bits per heavy atom. The van der Waals surface area contributed by atoms with Gasteiger partial charge in [-0.25, -0.2) is 9.37 Å². The van der Waals surface area contributed by atoms with E-state index < -0.39 is 0 Å². The van der Waals surface area contributed by atoms with Gasteiger partial charge in [0.05, 0.1) is 26.2 Å². The molecule has 0 aliphatic carbocycles. The van der Waals surface area contributed by atoms with E-state index in [9.17, 15) is 4.39 Å². The number of para-hydroxylation sites is 1. The van der Waals surface area contributed by atoms with Gasteiger partial charge in [0.1, 0.15) is 12.4 Å². The molecular weight excluding hydrogens is 383 g/mol. The molecule has 6 heteroatoms. The van der Waals surface area contributed by atoms with Gasteiger partial charge in [-0.3, -0.25) is 0 Å². The third-order valence-electron chi connectivity index (χ3n) is 4.76. The molecule has 1 heterocycles. The van der Waals surface area contributed by atoms with Crippen LogP contribution in [-0.4, -0.2) is 23.8 Å². The molecule has 0 spiro atoms. The lowest BCUT2D eigenvalue weighted by Crippen LogP contribution is -2.02. The average molecular weight is 404 g/mol. The summed E-state index contributed by atoms with van der Waals surface area (Å²) in [6, 6.07) is 17.9. The van der Waals surface area contributed by atoms with E-state index in [1.54, 1.807) is 38.9 Å². The van der Waals surface area contributed by atoms with Crippen molar-refractivity contribution in [2.24, 2.45) is 0 Å². The fourth-order valence-corrected chi connectivity index (χ4v) is 3.28. The number of halogens is 1. The quantitative estimate of drug-likeness (QED) is 0.421. The lowest BCUT2D eigenvalue weighted by Gasteiger charge is -2.16. The SMILES string of the molecule is COc1cccc(OC)c1OCc1ccc(-n2ccnc2)c(-c2ccc(F)cc2)c1. The Bertz CT molecular complexity index is 1100. The highest BCUT2D eigenvalue weighted by atomic mass is 19.1. The predicted molar refractivity (Wildman–Crippen MR) is 113 cm³/mol. The van der Waals surface area contributed by atoms with Gasteiger partial charge in [0.15, 0.2) is 11.5 Å². The number of ether oxygens (including phenoxy) is 3. The van der Waals surface area contributed by atoms with Crippen molar-refractivity contribution < 1.29 is 18.6 Å². The van der Waals surface area contributed by atoms with E-state index in [0.717, 1.165) is 22.4 Å². The first-order chi connectivity index (χ1) is 14.7. The van der Waals surface area contributed by atoms with Crippen molar-refractivity contribution in [1.29, 1.82) is 0 Å². The molecule has 3 aromatic carbocycles. The summed E-state index contributed by atoms with van der Waals surface area (Å²) < 4.78 is 32.2. The van der Waals surface area contributed by atoms with Gasteiger partial charge >= 0.3 is 0 Å². The largest absolute Gasteiger partial charge is 0.493 e. The van der Waals surface area contributed by atoms with Crippen LogP contribution in [0.15, 0.2) is 79.4 Å². The van der Waals surface area contributed by atoms with Gasteiger partial charge in [0, 0.05) is 18.0 Å². The zero-order valence-electron chi connectivity index (χ0n) is 16.7. The molecule has 0 aliphatic rings. The van der Waals surface area contributed by atoms with Gasteiger partial charge in [-0.1, -0.05) is 24.3 Å². The molecule has 0 fully saturated rings. The topological polar surface area (TPSA) is 45.5 Å². The summed E-state index contributed by atoms with van der Waals surface area (Å²) in [5, 5.41) is 0. The lowest BCUT2D eigenvalue weighted by atomic mass is 10.0. The summed E-state index contributed by atoms with van der Waals surface area (Å²) in [5.74, 6) is 1.47. The second kappa shape index (κ2) is 8.69. The molecule has 4 aromatic rings. The summed E-state index contributed by atoms with van der Waals surface area (Å²) in [7, 11) is 3.18. The van der Waals surface area contributed by atoms with E-state index in [2.05, 4.69) is 4.98 Å². The number of aromatic nitrogens is 2. The van der Waals surface area contributed by atoms with E-state index in [0.29, 0.717) is 23.9 Å². The maximum Gasteiger partial charge on any atom is 0.203 e. The molecule has 152 valence electrons. The van der Waals surface area contributed by atoms with E-state index in [1.165, 1.54) is 12.1 Å². The van der Waals surface area contributed by atoms with Crippen LogP contribution >= 0.6 is 0 Å². The summed E-state index contributed by atoms with van der Waals surface area (Å²) in [4.78, 5) is 4.13. The van der Waals surface area contributed by atoms with Crippen LogP contribution in [0, 0.1) is 5.82 Å². The van der Waals surface area contributed by atoms with Crippen LogP contribution in [0.4, 0.5) is 4.39 Å². The van der Waals surface area contributed by atoms with E-state index >= 15 is 0 Å². The monoisotopic (exact) mass is 404 g/mol. The number of methoxy groups -OCH3 is 2. The van der Waals surface area contributed by atoms with E-state index in [4.69, 9.17) is 14.2 Å². The van der Waals surface area contributed by atoms with Crippen LogP contribution in [0.25, 0.3) is 16.8 Å². The molecule has 0 radical (unpaired) electrons. The minimum absolute atomic E-state index is 0.273. The number of hydrogen-bond acceptors (Lipinski definition) is 4. The summed E-state index contributed by atoms with van der Waals surface area (Å²) in [5.41, 5.74) is 3.74. The number of nitrogens with zero attached hydrogens (tertiary/aromatic N) is 2. The van der Waals surface area contributed by atoms with Crippen LogP contribution in [-0.2, 0) is 6.61 Å². The minimum atomic E-state index is -0.273. The Morgan fingerprint density at radius 3 is 2.30 bits per heavy atom. The van der Waals surface area contributed by atoms with E-state index in [1.807, 2.05) is 47.2 Å². The normalized spacial score (nSPS) is 10.6. The van der Waals surface area contributed by atoms with Gasteiger partial charge < -0.3 is 18.8 Å². The Hall–Kier alpha value is -3.80. The third kappa shape index (κ3) is 3.98. The van der Waals surface area contributed by atoms with Crippen molar-refractivity contribution in [3.05, 3.63) is 90.8 Å². The van der Waals surface area contributed by atoms with Crippen LogP contribution in [0.1, 0.15) is 5.56 Å². The van der Waals surface area contributed by atoms with Crippen molar-refractivity contribution in [1.82, 2.24) is 9.55 Å². The van der Waals surface area contributed by atoms with Crippen molar-refractivity contribution >= 4 is 0 Å². The molecule has 0 aliphatic heterocycles.